The maximum absolute atomic E-state index is 12.8. The summed E-state index contributed by atoms with van der Waals surface area (Å²) < 4.78 is 3.56. The molecule has 2 N–H and O–H groups in total. The number of benzene rings is 2. The SMILES string of the molecule is Cc1cnc(NC(=O)c2ccc3c(=O)n4c(nc3c2)CCCCCC4)s1.O=C(O)c1ccc2c(=O)n3c(nc2c1)CCCCCC3. The van der Waals surface area contributed by atoms with Crippen molar-refractivity contribution in [1.29, 1.82) is 0 Å². The maximum atomic E-state index is 12.8. The molecule has 0 fully saturated rings. The summed E-state index contributed by atoms with van der Waals surface area (Å²) in [6.07, 6.45) is 12.0. The van der Waals surface area contributed by atoms with Gasteiger partial charge < -0.3 is 5.11 Å². The Morgan fingerprint density at radius 3 is 1.80 bits per heavy atom. The first kappa shape index (κ1) is 31.3. The van der Waals surface area contributed by atoms with Gasteiger partial charge in [-0.2, -0.15) is 0 Å². The second kappa shape index (κ2) is 13.7. The van der Waals surface area contributed by atoms with Gasteiger partial charge in [0.15, 0.2) is 5.13 Å². The Labute approximate surface area is 269 Å². The second-order valence-electron chi connectivity index (χ2n) is 11.8. The molecular weight excluding hydrogens is 604 g/mol. The fourth-order valence-electron chi connectivity index (χ4n) is 6.05. The van der Waals surface area contributed by atoms with Gasteiger partial charge in [-0.1, -0.05) is 25.7 Å². The lowest BCUT2D eigenvalue weighted by Crippen LogP contribution is -2.26. The van der Waals surface area contributed by atoms with Crippen LogP contribution < -0.4 is 16.4 Å². The monoisotopic (exact) mass is 640 g/mol. The Morgan fingerprint density at radius 2 is 1.28 bits per heavy atom. The van der Waals surface area contributed by atoms with Gasteiger partial charge in [-0.25, -0.2) is 19.7 Å². The number of carbonyl (C=O) groups is 2. The van der Waals surface area contributed by atoms with E-state index in [-0.39, 0.29) is 22.6 Å². The van der Waals surface area contributed by atoms with Crippen LogP contribution in [0, 0.1) is 6.92 Å². The number of hydrogen-bond acceptors (Lipinski definition) is 8. The number of carboxylic acids is 1. The third-order valence-corrected chi connectivity index (χ3v) is 9.31. The summed E-state index contributed by atoms with van der Waals surface area (Å²) in [5, 5.41) is 13.5. The van der Waals surface area contributed by atoms with Crippen molar-refractivity contribution in [3.63, 3.8) is 0 Å². The van der Waals surface area contributed by atoms with E-state index >= 15 is 0 Å². The predicted molar refractivity (Wildman–Crippen MR) is 178 cm³/mol. The number of anilines is 1. The normalized spacial score (nSPS) is 14.9. The number of amides is 1. The van der Waals surface area contributed by atoms with Gasteiger partial charge in [0.1, 0.15) is 11.6 Å². The van der Waals surface area contributed by atoms with Crippen molar-refractivity contribution >= 4 is 50.2 Å². The van der Waals surface area contributed by atoms with E-state index in [2.05, 4.69) is 15.3 Å². The van der Waals surface area contributed by atoms with Crippen LogP contribution in [0.25, 0.3) is 21.8 Å². The van der Waals surface area contributed by atoms with Crippen LogP contribution in [-0.2, 0) is 25.9 Å². The van der Waals surface area contributed by atoms with E-state index in [4.69, 9.17) is 10.1 Å². The van der Waals surface area contributed by atoms with E-state index in [0.717, 1.165) is 80.9 Å². The molecule has 0 saturated carbocycles. The van der Waals surface area contributed by atoms with E-state index in [1.165, 1.54) is 29.9 Å². The van der Waals surface area contributed by atoms with Crippen LogP contribution in [0.1, 0.15) is 88.6 Å². The van der Waals surface area contributed by atoms with Crippen molar-refractivity contribution in [2.24, 2.45) is 0 Å². The van der Waals surface area contributed by atoms with Gasteiger partial charge in [-0.3, -0.25) is 28.8 Å². The summed E-state index contributed by atoms with van der Waals surface area (Å²) in [7, 11) is 0. The van der Waals surface area contributed by atoms with Crippen LogP contribution in [-0.4, -0.2) is 41.1 Å². The number of nitrogens with one attached hydrogen (secondary N) is 1. The Balaban J connectivity index is 0.000000167. The predicted octanol–water partition coefficient (Wildman–Crippen LogP) is 5.74. The molecule has 238 valence electrons. The molecular formula is C34H36N6O5S. The molecule has 3 aromatic heterocycles. The molecule has 46 heavy (non-hydrogen) atoms. The van der Waals surface area contributed by atoms with Gasteiger partial charge in [-0.05, 0) is 69.0 Å². The van der Waals surface area contributed by atoms with E-state index < -0.39 is 5.97 Å². The molecule has 0 aliphatic carbocycles. The van der Waals surface area contributed by atoms with Gasteiger partial charge in [-0.15, -0.1) is 11.3 Å². The van der Waals surface area contributed by atoms with Crippen LogP contribution in [0.3, 0.4) is 0 Å². The zero-order chi connectivity index (χ0) is 32.2. The number of aromatic carboxylic acids is 1. The van der Waals surface area contributed by atoms with Crippen LogP contribution in [0.4, 0.5) is 5.13 Å². The Morgan fingerprint density at radius 1 is 0.761 bits per heavy atom. The molecule has 12 heteroatoms. The number of nitrogens with zero attached hydrogens (tertiary/aromatic N) is 5. The molecule has 5 aromatic rings. The first-order chi connectivity index (χ1) is 22.3. The Hall–Kier alpha value is -4.71. The number of carboxylic acid groups (broad SMARTS) is 1. The van der Waals surface area contributed by atoms with Crippen molar-refractivity contribution in [1.82, 2.24) is 24.1 Å². The van der Waals surface area contributed by atoms with E-state index in [9.17, 15) is 19.2 Å². The van der Waals surface area contributed by atoms with Crippen LogP contribution in [0.2, 0.25) is 0 Å². The minimum Gasteiger partial charge on any atom is -0.478 e. The lowest BCUT2D eigenvalue weighted by Gasteiger charge is -2.16. The molecule has 11 nitrogen and oxygen atoms in total. The minimum atomic E-state index is -0.999. The first-order valence-electron chi connectivity index (χ1n) is 15.8. The summed E-state index contributed by atoms with van der Waals surface area (Å²) in [6.45, 7) is 3.37. The molecule has 1 amide bonds. The minimum absolute atomic E-state index is 0.00518. The average Bonchev–Trinajstić information content (AvgIpc) is 3.43. The van der Waals surface area contributed by atoms with Crippen molar-refractivity contribution in [3.8, 4) is 0 Å². The highest BCUT2D eigenvalue weighted by Crippen LogP contribution is 2.20. The maximum Gasteiger partial charge on any atom is 0.335 e. The molecule has 0 saturated heterocycles. The highest BCUT2D eigenvalue weighted by molar-refractivity contribution is 7.15. The third-order valence-electron chi connectivity index (χ3n) is 8.48. The molecule has 0 radical (unpaired) electrons. The van der Waals surface area contributed by atoms with Crippen molar-refractivity contribution in [2.45, 2.75) is 84.2 Å². The molecule has 2 aliphatic rings. The van der Waals surface area contributed by atoms with E-state index in [0.29, 0.717) is 39.0 Å². The van der Waals surface area contributed by atoms with Gasteiger partial charge >= 0.3 is 5.97 Å². The van der Waals surface area contributed by atoms with E-state index in [1.807, 2.05) is 6.92 Å². The fraction of sp³-hybridized carbons (Fsp3) is 0.382. The topological polar surface area (TPSA) is 149 Å². The lowest BCUT2D eigenvalue weighted by atomic mass is 10.1. The standard InChI is InChI=1S/C19H20N4O2S.C15H16N2O3/c1-12-11-20-19(26-12)22-17(24)13-7-8-14-15(10-13)21-16-6-4-2-3-5-9-23(16)18(14)25;18-14-11-7-6-10(15(19)20)9-12(11)16-13-5-3-1-2-4-8-17(13)14/h7-8,10-11H,2-6,9H2,1H3,(H,20,22,24);6-7,9H,1-5,8H2,(H,19,20). The molecule has 2 aliphatic heterocycles. The Kier molecular flexibility index (Phi) is 9.34. The average molecular weight is 641 g/mol. The van der Waals surface area contributed by atoms with Gasteiger partial charge in [0.05, 0.1) is 27.4 Å². The van der Waals surface area contributed by atoms with E-state index in [1.54, 1.807) is 39.6 Å². The first-order valence-corrected chi connectivity index (χ1v) is 16.6. The lowest BCUT2D eigenvalue weighted by molar-refractivity contribution is 0.0696. The molecule has 5 heterocycles. The molecule has 7 rings (SSSR count). The number of thiazole rings is 1. The zero-order valence-electron chi connectivity index (χ0n) is 25.8. The number of aromatic nitrogens is 5. The quantitative estimate of drug-likeness (QED) is 0.254. The number of rotatable bonds is 3. The summed E-state index contributed by atoms with van der Waals surface area (Å²) in [4.78, 5) is 63.2. The molecule has 0 spiro atoms. The van der Waals surface area contributed by atoms with Crippen LogP contribution in [0.15, 0.2) is 52.2 Å². The number of carbonyl (C=O) groups excluding carboxylic acids is 1. The second-order valence-corrected chi connectivity index (χ2v) is 13.0. The molecule has 0 atom stereocenters. The summed E-state index contributed by atoms with van der Waals surface area (Å²) >= 11 is 1.43. The molecule has 0 bridgehead atoms. The number of fused-ring (bicyclic) bond motifs is 4. The zero-order valence-corrected chi connectivity index (χ0v) is 26.6. The van der Waals surface area contributed by atoms with Crippen LogP contribution >= 0.6 is 11.3 Å². The largest absolute Gasteiger partial charge is 0.478 e. The molecule has 0 unspecified atom stereocenters. The van der Waals surface area contributed by atoms with Crippen molar-refractivity contribution in [2.75, 3.05) is 5.32 Å². The Bertz CT molecular complexity index is 2060. The third kappa shape index (κ3) is 6.76. The van der Waals surface area contributed by atoms with Gasteiger partial charge in [0.2, 0.25) is 0 Å². The van der Waals surface area contributed by atoms with Crippen molar-refractivity contribution in [3.05, 3.63) is 91.0 Å². The highest BCUT2D eigenvalue weighted by atomic mass is 32.1. The van der Waals surface area contributed by atoms with Gasteiger partial charge in [0.25, 0.3) is 17.0 Å². The molecule has 2 aromatic carbocycles. The highest BCUT2D eigenvalue weighted by Gasteiger charge is 2.17. The fourth-order valence-corrected chi connectivity index (χ4v) is 6.71. The summed E-state index contributed by atoms with van der Waals surface area (Å²) in [5.74, 6) is 0.371. The number of hydrogen-bond donors (Lipinski definition) is 2. The van der Waals surface area contributed by atoms with Crippen LogP contribution in [0.5, 0.6) is 0 Å². The smallest absolute Gasteiger partial charge is 0.335 e. The van der Waals surface area contributed by atoms with Gasteiger partial charge in [0, 0.05) is 42.6 Å². The summed E-state index contributed by atoms with van der Waals surface area (Å²) in [6, 6.07) is 9.60. The summed E-state index contributed by atoms with van der Waals surface area (Å²) in [5.41, 5.74) is 1.66. The number of aryl methyl sites for hydroxylation is 3. The van der Waals surface area contributed by atoms with Crippen molar-refractivity contribution < 1.29 is 14.7 Å².